The summed E-state index contributed by atoms with van der Waals surface area (Å²) in [7, 11) is 0. The second-order valence-electron chi connectivity index (χ2n) is 10.9. The molecule has 0 aromatic rings. The van der Waals surface area contributed by atoms with Crippen molar-refractivity contribution in [1.29, 1.82) is 0 Å². The Morgan fingerprint density at radius 1 is 0.344 bits per heavy atom. The van der Waals surface area contributed by atoms with Crippen molar-refractivity contribution in [3.8, 4) is 0 Å². The lowest BCUT2D eigenvalue weighted by molar-refractivity contribution is 0.367. The smallest absolute Gasteiger partial charge is 0.0414 e. The summed E-state index contributed by atoms with van der Waals surface area (Å²) in [6.45, 7) is 8.64. The zero-order chi connectivity index (χ0) is 23.4. The SMILES string of the molecule is [CH2]CCCCCC(CCCCCCCC)CCCCCCCCCCCCCCCCC. The summed E-state index contributed by atoms with van der Waals surface area (Å²) in [5.74, 6) is 1.02. The number of rotatable bonds is 28. The van der Waals surface area contributed by atoms with Crippen molar-refractivity contribution >= 4 is 0 Å². The van der Waals surface area contributed by atoms with Gasteiger partial charge < -0.3 is 0 Å². The Bertz CT molecular complexity index is 307. The maximum Gasteiger partial charge on any atom is -0.0414 e. The molecule has 0 aromatic carbocycles. The van der Waals surface area contributed by atoms with E-state index in [0.29, 0.717) is 0 Å². The van der Waals surface area contributed by atoms with Gasteiger partial charge in [0.05, 0.1) is 0 Å². The maximum absolute atomic E-state index is 4.01. The minimum Gasteiger partial charge on any atom is -0.0654 e. The van der Waals surface area contributed by atoms with Crippen molar-refractivity contribution in [2.75, 3.05) is 0 Å². The molecule has 0 amide bonds. The van der Waals surface area contributed by atoms with Crippen molar-refractivity contribution in [2.45, 2.75) is 194 Å². The van der Waals surface area contributed by atoms with Crippen molar-refractivity contribution < 1.29 is 0 Å². The largest absolute Gasteiger partial charge is 0.0654 e. The molecular formula is C32H65. The molecule has 0 heteroatoms. The summed E-state index contributed by atoms with van der Waals surface area (Å²) in [6, 6.07) is 0. The van der Waals surface area contributed by atoms with E-state index in [1.807, 2.05) is 0 Å². The fourth-order valence-corrected chi connectivity index (χ4v) is 5.24. The van der Waals surface area contributed by atoms with E-state index in [-0.39, 0.29) is 0 Å². The first-order chi connectivity index (χ1) is 15.8. The van der Waals surface area contributed by atoms with Crippen LogP contribution in [0, 0.1) is 12.8 Å². The maximum atomic E-state index is 4.01. The molecule has 0 nitrogen and oxygen atoms in total. The first-order valence-electron chi connectivity index (χ1n) is 15.6. The lowest BCUT2D eigenvalue weighted by Gasteiger charge is -2.17. The van der Waals surface area contributed by atoms with Crippen LogP contribution in [0.2, 0.25) is 0 Å². The van der Waals surface area contributed by atoms with Crippen LogP contribution in [-0.4, -0.2) is 0 Å². The lowest BCUT2D eigenvalue weighted by Crippen LogP contribution is -2.01. The fraction of sp³-hybridized carbons (Fsp3) is 0.969. The molecule has 0 aliphatic rings. The minimum atomic E-state index is 1.02. The first kappa shape index (κ1) is 32.0. The van der Waals surface area contributed by atoms with Gasteiger partial charge in [-0.2, -0.15) is 0 Å². The Kier molecular flexibility index (Phi) is 29.0. The van der Waals surface area contributed by atoms with E-state index in [0.717, 1.165) is 12.3 Å². The molecule has 1 unspecified atom stereocenters. The fourth-order valence-electron chi connectivity index (χ4n) is 5.24. The van der Waals surface area contributed by atoms with Crippen molar-refractivity contribution in [2.24, 2.45) is 5.92 Å². The van der Waals surface area contributed by atoms with E-state index >= 15 is 0 Å². The zero-order valence-corrected chi connectivity index (χ0v) is 23.1. The van der Waals surface area contributed by atoms with Gasteiger partial charge in [0.2, 0.25) is 0 Å². The summed E-state index contributed by atoms with van der Waals surface area (Å²) in [4.78, 5) is 0. The second-order valence-corrected chi connectivity index (χ2v) is 10.9. The summed E-state index contributed by atoms with van der Waals surface area (Å²) < 4.78 is 0. The molecule has 0 N–H and O–H groups in total. The third-order valence-electron chi connectivity index (χ3n) is 7.54. The van der Waals surface area contributed by atoms with Gasteiger partial charge in [0.15, 0.2) is 0 Å². The Hall–Kier alpha value is 0. The molecule has 0 heterocycles. The standard InChI is InChI=1S/C32H65/c1-4-7-10-13-15-16-17-18-19-20-21-22-23-25-28-31-32(29-26-12-9-6-3)30-27-24-14-11-8-5-2/h32H,3-31H2,1-2H3. The van der Waals surface area contributed by atoms with Crippen LogP contribution in [0.1, 0.15) is 194 Å². The molecule has 0 bridgehead atoms. The zero-order valence-electron chi connectivity index (χ0n) is 23.1. The summed E-state index contributed by atoms with van der Waals surface area (Å²) >= 11 is 0. The predicted octanol–water partition coefficient (Wildman–Crippen LogP) is 12.4. The monoisotopic (exact) mass is 450 g/mol. The minimum absolute atomic E-state index is 1.02. The van der Waals surface area contributed by atoms with E-state index < -0.39 is 0 Å². The molecule has 0 saturated carbocycles. The molecule has 1 radical (unpaired) electrons. The van der Waals surface area contributed by atoms with Gasteiger partial charge in [-0.3, -0.25) is 0 Å². The number of unbranched alkanes of at least 4 members (excludes halogenated alkanes) is 22. The summed E-state index contributed by atoms with van der Waals surface area (Å²) in [6.07, 6.45) is 40.7. The molecule has 0 aliphatic carbocycles. The van der Waals surface area contributed by atoms with Gasteiger partial charge in [0.1, 0.15) is 0 Å². The molecule has 32 heavy (non-hydrogen) atoms. The van der Waals surface area contributed by atoms with Crippen molar-refractivity contribution in [1.82, 2.24) is 0 Å². The Labute approximate surface area is 206 Å². The van der Waals surface area contributed by atoms with E-state index in [1.54, 1.807) is 0 Å². The van der Waals surface area contributed by atoms with Crippen LogP contribution >= 0.6 is 0 Å². The normalized spacial score (nSPS) is 12.5. The van der Waals surface area contributed by atoms with Crippen LogP contribution in [0.15, 0.2) is 0 Å². The van der Waals surface area contributed by atoms with Gasteiger partial charge >= 0.3 is 0 Å². The van der Waals surface area contributed by atoms with Crippen molar-refractivity contribution in [3.63, 3.8) is 0 Å². The van der Waals surface area contributed by atoms with E-state index in [4.69, 9.17) is 0 Å². The highest BCUT2D eigenvalue weighted by Crippen LogP contribution is 2.24. The molecule has 0 aromatic heterocycles. The lowest BCUT2D eigenvalue weighted by atomic mass is 9.89. The molecule has 0 spiro atoms. The van der Waals surface area contributed by atoms with Crippen LogP contribution in [0.3, 0.4) is 0 Å². The van der Waals surface area contributed by atoms with Gasteiger partial charge in [-0.25, -0.2) is 0 Å². The molecule has 0 saturated heterocycles. The average Bonchev–Trinajstić information content (AvgIpc) is 2.80. The van der Waals surface area contributed by atoms with E-state index in [2.05, 4.69) is 20.8 Å². The molecule has 0 fully saturated rings. The van der Waals surface area contributed by atoms with Crippen LogP contribution < -0.4 is 0 Å². The van der Waals surface area contributed by atoms with Gasteiger partial charge in [0, 0.05) is 0 Å². The molecule has 0 aliphatic heterocycles. The highest BCUT2D eigenvalue weighted by Gasteiger charge is 2.08. The quantitative estimate of drug-likeness (QED) is 0.104. The topological polar surface area (TPSA) is 0 Å². The summed E-state index contributed by atoms with van der Waals surface area (Å²) in [5, 5.41) is 0. The number of hydrogen-bond acceptors (Lipinski definition) is 0. The molecule has 0 rings (SSSR count). The highest BCUT2D eigenvalue weighted by molar-refractivity contribution is 4.62. The molecule has 193 valence electrons. The molecule has 1 atom stereocenters. The predicted molar refractivity (Wildman–Crippen MR) is 149 cm³/mol. The van der Waals surface area contributed by atoms with Crippen LogP contribution in [0.4, 0.5) is 0 Å². The Morgan fingerprint density at radius 2 is 0.594 bits per heavy atom. The van der Waals surface area contributed by atoms with E-state index in [9.17, 15) is 0 Å². The Balaban J connectivity index is 3.55. The summed E-state index contributed by atoms with van der Waals surface area (Å²) in [5.41, 5.74) is 0. The second kappa shape index (κ2) is 29.0. The van der Waals surface area contributed by atoms with Crippen LogP contribution in [0.25, 0.3) is 0 Å². The van der Waals surface area contributed by atoms with E-state index in [1.165, 1.54) is 173 Å². The number of hydrogen-bond donors (Lipinski definition) is 0. The highest BCUT2D eigenvalue weighted by atomic mass is 14.1. The van der Waals surface area contributed by atoms with Crippen LogP contribution in [0.5, 0.6) is 0 Å². The third kappa shape index (κ3) is 26.3. The Morgan fingerprint density at radius 3 is 0.875 bits per heavy atom. The van der Waals surface area contributed by atoms with Crippen molar-refractivity contribution in [3.05, 3.63) is 6.92 Å². The first-order valence-corrected chi connectivity index (χ1v) is 15.6. The molecular weight excluding hydrogens is 384 g/mol. The van der Waals surface area contributed by atoms with Gasteiger partial charge in [-0.05, 0) is 5.92 Å². The third-order valence-corrected chi connectivity index (χ3v) is 7.54. The van der Waals surface area contributed by atoms with Gasteiger partial charge in [-0.1, -0.05) is 201 Å². The van der Waals surface area contributed by atoms with Crippen LogP contribution in [-0.2, 0) is 0 Å². The van der Waals surface area contributed by atoms with Gasteiger partial charge in [-0.15, -0.1) is 0 Å². The average molecular weight is 450 g/mol. The van der Waals surface area contributed by atoms with Gasteiger partial charge in [0.25, 0.3) is 0 Å².